The Kier molecular flexibility index (Phi) is 8.04. The molecule has 1 aromatic carbocycles. The molecule has 36 heavy (non-hydrogen) atoms. The van der Waals surface area contributed by atoms with Crippen LogP contribution in [0.2, 0.25) is 0 Å². The van der Waals surface area contributed by atoms with Crippen LogP contribution in [-0.2, 0) is 4.79 Å². The Balaban J connectivity index is 1.35. The van der Waals surface area contributed by atoms with Gasteiger partial charge < -0.3 is 24.2 Å². The minimum Gasteiger partial charge on any atom is -0.493 e. The predicted molar refractivity (Wildman–Crippen MR) is 140 cm³/mol. The van der Waals surface area contributed by atoms with Crippen molar-refractivity contribution in [1.29, 1.82) is 0 Å². The number of rotatable bonds is 8. The molecule has 0 saturated carbocycles. The predicted octanol–water partition coefficient (Wildman–Crippen LogP) is 3.42. The number of hydrogen-bond acceptors (Lipinski definition) is 8. The Bertz CT molecular complexity index is 1180. The largest absolute Gasteiger partial charge is 0.493 e. The molecule has 3 aromatic rings. The summed E-state index contributed by atoms with van der Waals surface area (Å²) in [7, 11) is 3.20. The topological polar surface area (TPSA) is 88.1 Å². The standard InChI is InChI=1S/C26H31N5O4S/c1-18(2)31(26(33)23-6-5-15-36-23)17-25(32)30-13-11-29(12-14-30)24-10-8-20(27-28-24)19-7-9-21(34-3)22(16-19)35-4/h5-10,15-16,18H,11-14,17H2,1-4H3. The highest BCUT2D eigenvalue weighted by atomic mass is 32.1. The summed E-state index contributed by atoms with van der Waals surface area (Å²) in [6.07, 6.45) is 0. The first-order chi connectivity index (χ1) is 17.4. The Morgan fingerprint density at radius 2 is 1.75 bits per heavy atom. The lowest BCUT2D eigenvalue weighted by molar-refractivity contribution is -0.132. The molecule has 0 radical (unpaired) electrons. The lowest BCUT2D eigenvalue weighted by Crippen LogP contribution is -2.52. The van der Waals surface area contributed by atoms with E-state index in [4.69, 9.17) is 9.47 Å². The van der Waals surface area contributed by atoms with Gasteiger partial charge >= 0.3 is 0 Å². The van der Waals surface area contributed by atoms with Crippen molar-refractivity contribution >= 4 is 29.0 Å². The van der Waals surface area contributed by atoms with Crippen LogP contribution in [0, 0.1) is 0 Å². The van der Waals surface area contributed by atoms with Gasteiger partial charge in [0, 0.05) is 37.8 Å². The van der Waals surface area contributed by atoms with Crippen molar-refractivity contribution in [1.82, 2.24) is 20.0 Å². The van der Waals surface area contributed by atoms with Gasteiger partial charge in [-0.3, -0.25) is 9.59 Å². The molecule has 10 heteroatoms. The second-order valence-corrected chi connectivity index (χ2v) is 9.67. The van der Waals surface area contributed by atoms with Crippen molar-refractivity contribution in [2.24, 2.45) is 0 Å². The molecule has 1 saturated heterocycles. The summed E-state index contributed by atoms with van der Waals surface area (Å²) >= 11 is 1.39. The van der Waals surface area contributed by atoms with Crippen LogP contribution in [0.15, 0.2) is 47.8 Å². The molecule has 0 atom stereocenters. The molecular formula is C26H31N5O4S. The number of ether oxygens (including phenoxy) is 2. The van der Waals surface area contributed by atoms with E-state index in [0.29, 0.717) is 42.6 Å². The Hall–Kier alpha value is -3.66. The van der Waals surface area contributed by atoms with Crippen LogP contribution in [0.1, 0.15) is 23.5 Å². The number of nitrogens with zero attached hydrogens (tertiary/aromatic N) is 5. The summed E-state index contributed by atoms with van der Waals surface area (Å²) in [5, 5.41) is 10.7. The third kappa shape index (κ3) is 5.59. The van der Waals surface area contributed by atoms with Gasteiger partial charge in [0.25, 0.3) is 5.91 Å². The summed E-state index contributed by atoms with van der Waals surface area (Å²) in [5.74, 6) is 1.92. The van der Waals surface area contributed by atoms with E-state index in [1.54, 1.807) is 25.2 Å². The molecule has 1 aliphatic heterocycles. The van der Waals surface area contributed by atoms with Crippen molar-refractivity contribution in [2.45, 2.75) is 19.9 Å². The summed E-state index contributed by atoms with van der Waals surface area (Å²) in [5.41, 5.74) is 1.62. The van der Waals surface area contributed by atoms with Gasteiger partial charge in [0.2, 0.25) is 5.91 Å². The van der Waals surface area contributed by atoms with E-state index in [2.05, 4.69) is 15.1 Å². The maximum atomic E-state index is 13.0. The van der Waals surface area contributed by atoms with E-state index >= 15 is 0 Å². The first-order valence-electron chi connectivity index (χ1n) is 11.8. The third-order valence-electron chi connectivity index (χ3n) is 6.21. The Morgan fingerprint density at radius 3 is 2.33 bits per heavy atom. The smallest absolute Gasteiger partial charge is 0.264 e. The molecule has 0 unspecified atom stereocenters. The quantitative estimate of drug-likeness (QED) is 0.460. The third-order valence-corrected chi connectivity index (χ3v) is 7.07. The zero-order chi connectivity index (χ0) is 25.7. The molecule has 190 valence electrons. The molecule has 2 amide bonds. The van der Waals surface area contributed by atoms with E-state index in [0.717, 1.165) is 17.1 Å². The van der Waals surface area contributed by atoms with Crippen LogP contribution in [0.25, 0.3) is 11.3 Å². The molecule has 0 spiro atoms. The molecule has 0 aliphatic carbocycles. The van der Waals surface area contributed by atoms with Gasteiger partial charge in [-0.2, -0.15) is 0 Å². The van der Waals surface area contributed by atoms with E-state index < -0.39 is 0 Å². The minimum absolute atomic E-state index is 0.0388. The van der Waals surface area contributed by atoms with Crippen molar-refractivity contribution < 1.29 is 19.1 Å². The molecule has 1 aliphatic rings. The van der Waals surface area contributed by atoms with Crippen molar-refractivity contribution in [3.05, 3.63) is 52.7 Å². The number of methoxy groups -OCH3 is 2. The number of piperazine rings is 1. The fourth-order valence-electron chi connectivity index (χ4n) is 4.10. The number of carbonyl (C=O) groups excluding carboxylic acids is 2. The molecule has 4 rings (SSSR count). The fourth-order valence-corrected chi connectivity index (χ4v) is 4.78. The first kappa shape index (κ1) is 25.4. The maximum Gasteiger partial charge on any atom is 0.264 e. The highest BCUT2D eigenvalue weighted by molar-refractivity contribution is 7.12. The molecule has 0 N–H and O–H groups in total. The number of anilines is 1. The second kappa shape index (κ2) is 11.4. The van der Waals surface area contributed by atoms with Crippen molar-refractivity contribution in [3.63, 3.8) is 0 Å². The summed E-state index contributed by atoms with van der Waals surface area (Å²) in [6, 6.07) is 13.1. The molecule has 0 bridgehead atoms. The number of thiophene rings is 1. The van der Waals surface area contributed by atoms with Crippen molar-refractivity contribution in [3.8, 4) is 22.8 Å². The van der Waals surface area contributed by atoms with Crippen LogP contribution < -0.4 is 14.4 Å². The molecule has 1 fully saturated rings. The average molecular weight is 510 g/mol. The highest BCUT2D eigenvalue weighted by Gasteiger charge is 2.27. The summed E-state index contributed by atoms with van der Waals surface area (Å²) in [4.78, 5) is 32.1. The molecular weight excluding hydrogens is 478 g/mol. The number of aromatic nitrogens is 2. The van der Waals surface area contributed by atoms with Gasteiger partial charge in [-0.1, -0.05) is 6.07 Å². The maximum absolute atomic E-state index is 13.0. The summed E-state index contributed by atoms with van der Waals surface area (Å²) < 4.78 is 10.7. The minimum atomic E-state index is -0.100. The van der Waals surface area contributed by atoms with Gasteiger partial charge in [-0.15, -0.1) is 21.5 Å². The molecule has 2 aromatic heterocycles. The van der Waals surface area contributed by atoms with Crippen LogP contribution in [0.3, 0.4) is 0 Å². The van der Waals surface area contributed by atoms with E-state index in [9.17, 15) is 9.59 Å². The number of benzene rings is 1. The van der Waals surface area contributed by atoms with Crippen LogP contribution >= 0.6 is 11.3 Å². The second-order valence-electron chi connectivity index (χ2n) is 8.72. The van der Waals surface area contributed by atoms with Crippen LogP contribution in [0.4, 0.5) is 5.82 Å². The van der Waals surface area contributed by atoms with E-state index in [1.165, 1.54) is 11.3 Å². The lowest BCUT2D eigenvalue weighted by atomic mass is 10.1. The average Bonchev–Trinajstić information content (AvgIpc) is 3.46. The SMILES string of the molecule is COc1ccc(-c2ccc(N3CCN(C(=O)CN(C(=O)c4cccs4)C(C)C)CC3)nn2)cc1OC. The molecule has 3 heterocycles. The van der Waals surface area contributed by atoms with Gasteiger partial charge in [0.05, 0.1) is 24.8 Å². The Morgan fingerprint density at radius 1 is 1.00 bits per heavy atom. The van der Waals surface area contributed by atoms with Gasteiger partial charge in [0.1, 0.15) is 6.54 Å². The highest BCUT2D eigenvalue weighted by Crippen LogP contribution is 2.31. The van der Waals surface area contributed by atoms with Gasteiger partial charge in [-0.05, 0) is 55.6 Å². The van der Waals surface area contributed by atoms with Gasteiger partial charge in [-0.25, -0.2) is 0 Å². The van der Waals surface area contributed by atoms with Crippen molar-refractivity contribution in [2.75, 3.05) is 51.8 Å². The fraction of sp³-hybridized carbons (Fsp3) is 0.385. The van der Waals surface area contributed by atoms with Gasteiger partial charge in [0.15, 0.2) is 17.3 Å². The van der Waals surface area contributed by atoms with E-state index in [1.807, 2.05) is 60.5 Å². The van der Waals surface area contributed by atoms with E-state index in [-0.39, 0.29) is 24.4 Å². The number of carbonyl (C=O) groups is 2. The first-order valence-corrected chi connectivity index (χ1v) is 12.7. The number of hydrogen-bond donors (Lipinski definition) is 0. The van der Waals surface area contributed by atoms with Crippen LogP contribution in [0.5, 0.6) is 11.5 Å². The molecule has 9 nitrogen and oxygen atoms in total. The van der Waals surface area contributed by atoms with Crippen LogP contribution in [-0.4, -0.2) is 84.8 Å². The zero-order valence-corrected chi connectivity index (χ0v) is 21.8. The normalized spacial score (nSPS) is 13.6. The zero-order valence-electron chi connectivity index (χ0n) is 21.0. The Labute approximate surface area is 215 Å². The number of amides is 2. The summed E-state index contributed by atoms with van der Waals surface area (Å²) in [6.45, 7) is 6.37. The lowest BCUT2D eigenvalue weighted by Gasteiger charge is -2.36. The monoisotopic (exact) mass is 509 g/mol.